The summed E-state index contributed by atoms with van der Waals surface area (Å²) in [7, 11) is -8.04. The van der Waals surface area contributed by atoms with Crippen molar-refractivity contribution in [2.45, 2.75) is 23.6 Å². The SMILES string of the molecule is Cc1ccccc1NS(=O)(=O)c1ccc2c(c1)C(=C(C#N)C#N)c1cc(S(=O)(=O)Nc3ccccc3C)ccc1-2. The molecule has 4 aromatic rings. The fraction of sp³-hybridized carbons (Fsp3) is 0.0667. The second-order valence-corrected chi connectivity index (χ2v) is 12.6. The number of para-hydroxylation sites is 2. The van der Waals surface area contributed by atoms with Gasteiger partial charge in [-0.05, 0) is 83.6 Å². The number of sulfonamides is 2. The van der Waals surface area contributed by atoms with Crippen molar-refractivity contribution in [3.05, 3.63) is 113 Å². The Labute approximate surface area is 233 Å². The first-order valence-electron chi connectivity index (χ1n) is 12.1. The van der Waals surface area contributed by atoms with Gasteiger partial charge in [0.15, 0.2) is 0 Å². The van der Waals surface area contributed by atoms with Gasteiger partial charge in [-0.15, -0.1) is 0 Å². The predicted molar refractivity (Wildman–Crippen MR) is 153 cm³/mol. The summed E-state index contributed by atoms with van der Waals surface area (Å²) in [4.78, 5) is -0.131. The second kappa shape index (κ2) is 10.0. The van der Waals surface area contributed by atoms with Crippen LogP contribution in [0.2, 0.25) is 0 Å². The number of fused-ring (bicyclic) bond motifs is 3. The zero-order valence-electron chi connectivity index (χ0n) is 21.4. The number of nitrogens with zero attached hydrogens (tertiary/aromatic N) is 2. The first-order valence-corrected chi connectivity index (χ1v) is 15.0. The molecule has 0 radical (unpaired) electrons. The molecule has 0 fully saturated rings. The van der Waals surface area contributed by atoms with Crippen molar-refractivity contribution in [2.75, 3.05) is 9.44 Å². The normalized spacial score (nSPS) is 12.1. The Hall–Kier alpha value is -4.90. The summed E-state index contributed by atoms with van der Waals surface area (Å²) in [5.41, 5.74) is 4.11. The van der Waals surface area contributed by atoms with Gasteiger partial charge in [0.25, 0.3) is 20.0 Å². The molecule has 1 aliphatic rings. The quantitative estimate of drug-likeness (QED) is 0.251. The molecule has 2 N–H and O–H groups in total. The van der Waals surface area contributed by atoms with E-state index >= 15 is 0 Å². The molecule has 0 aromatic heterocycles. The number of rotatable bonds is 6. The molecule has 40 heavy (non-hydrogen) atoms. The van der Waals surface area contributed by atoms with Gasteiger partial charge in [-0.25, -0.2) is 16.8 Å². The van der Waals surface area contributed by atoms with Crippen LogP contribution in [0.25, 0.3) is 16.7 Å². The second-order valence-electron chi connectivity index (χ2n) is 9.23. The first-order chi connectivity index (χ1) is 19.1. The molecule has 0 spiro atoms. The minimum atomic E-state index is -4.02. The van der Waals surface area contributed by atoms with Crippen molar-refractivity contribution in [1.82, 2.24) is 0 Å². The monoisotopic (exact) mass is 566 g/mol. The van der Waals surface area contributed by atoms with Gasteiger partial charge in [-0.1, -0.05) is 48.5 Å². The van der Waals surface area contributed by atoms with Crippen LogP contribution in [0, 0.1) is 36.5 Å². The Balaban J connectivity index is 1.62. The van der Waals surface area contributed by atoms with Crippen LogP contribution in [0.5, 0.6) is 0 Å². The van der Waals surface area contributed by atoms with Crippen molar-refractivity contribution >= 4 is 37.0 Å². The summed E-state index contributed by atoms with van der Waals surface area (Å²) in [5, 5.41) is 19.5. The van der Waals surface area contributed by atoms with Crippen LogP contribution in [0.4, 0.5) is 11.4 Å². The van der Waals surface area contributed by atoms with Crippen LogP contribution in [0.3, 0.4) is 0 Å². The van der Waals surface area contributed by atoms with Gasteiger partial charge < -0.3 is 0 Å². The molecule has 0 heterocycles. The van der Waals surface area contributed by atoms with Gasteiger partial charge in [-0.2, -0.15) is 10.5 Å². The molecule has 0 unspecified atom stereocenters. The Kier molecular flexibility index (Phi) is 6.68. The lowest BCUT2D eigenvalue weighted by Gasteiger charge is -2.12. The zero-order chi connectivity index (χ0) is 28.7. The highest BCUT2D eigenvalue weighted by Gasteiger charge is 2.30. The maximum absolute atomic E-state index is 13.3. The fourth-order valence-electron chi connectivity index (χ4n) is 4.60. The first kappa shape index (κ1) is 26.7. The molecular weight excluding hydrogens is 544 g/mol. The molecule has 0 aliphatic heterocycles. The summed E-state index contributed by atoms with van der Waals surface area (Å²) in [6, 6.07) is 26.5. The predicted octanol–water partition coefficient (Wildman–Crippen LogP) is 5.73. The number of hydrogen-bond donors (Lipinski definition) is 2. The number of benzene rings is 4. The number of allylic oxidation sites excluding steroid dienone is 1. The lowest BCUT2D eigenvalue weighted by molar-refractivity contribution is 0.599. The van der Waals surface area contributed by atoms with E-state index in [1.165, 1.54) is 24.3 Å². The van der Waals surface area contributed by atoms with E-state index in [0.29, 0.717) is 33.6 Å². The van der Waals surface area contributed by atoms with Crippen LogP contribution in [-0.2, 0) is 20.0 Å². The van der Waals surface area contributed by atoms with Crippen molar-refractivity contribution in [2.24, 2.45) is 0 Å². The van der Waals surface area contributed by atoms with E-state index in [0.717, 1.165) is 11.1 Å². The van der Waals surface area contributed by atoms with E-state index in [2.05, 4.69) is 9.44 Å². The van der Waals surface area contributed by atoms with Gasteiger partial charge in [0, 0.05) is 5.57 Å². The smallest absolute Gasteiger partial charge is 0.261 e. The Morgan fingerprint density at radius 3 is 1.38 bits per heavy atom. The third-order valence-electron chi connectivity index (χ3n) is 6.68. The van der Waals surface area contributed by atoms with Gasteiger partial charge in [0.1, 0.15) is 17.7 Å². The van der Waals surface area contributed by atoms with Crippen molar-refractivity contribution in [3.8, 4) is 23.3 Å². The highest BCUT2D eigenvalue weighted by atomic mass is 32.2. The van der Waals surface area contributed by atoms with Gasteiger partial charge in [0.05, 0.1) is 21.2 Å². The molecule has 0 atom stereocenters. The van der Waals surface area contributed by atoms with E-state index in [1.54, 1.807) is 74.5 Å². The van der Waals surface area contributed by atoms with Crippen LogP contribution in [0.15, 0.2) is 100 Å². The molecular formula is C30H22N4O4S2. The third-order valence-corrected chi connectivity index (χ3v) is 9.41. The maximum atomic E-state index is 13.3. The molecule has 4 aromatic carbocycles. The Morgan fingerprint density at radius 2 is 1.00 bits per heavy atom. The van der Waals surface area contributed by atoms with Gasteiger partial charge >= 0.3 is 0 Å². The summed E-state index contributed by atoms with van der Waals surface area (Å²) in [6.45, 7) is 3.56. The minimum Gasteiger partial charge on any atom is -0.279 e. The highest BCUT2D eigenvalue weighted by Crippen LogP contribution is 2.47. The molecule has 0 bridgehead atoms. The Bertz CT molecular complexity index is 1890. The number of anilines is 2. The van der Waals surface area contributed by atoms with Crippen LogP contribution in [0.1, 0.15) is 22.3 Å². The van der Waals surface area contributed by atoms with Gasteiger partial charge in [-0.3, -0.25) is 9.44 Å². The molecule has 0 saturated carbocycles. The molecule has 198 valence electrons. The maximum Gasteiger partial charge on any atom is 0.261 e. The minimum absolute atomic E-state index is 0.0656. The lowest BCUT2D eigenvalue weighted by Crippen LogP contribution is -2.14. The molecule has 5 rings (SSSR count). The van der Waals surface area contributed by atoms with E-state index in [1.807, 2.05) is 12.1 Å². The van der Waals surface area contributed by atoms with Crippen LogP contribution in [-0.4, -0.2) is 16.8 Å². The summed E-state index contributed by atoms with van der Waals surface area (Å²) in [6.07, 6.45) is 0. The molecule has 1 aliphatic carbocycles. The topological polar surface area (TPSA) is 140 Å². The Morgan fingerprint density at radius 1 is 0.600 bits per heavy atom. The zero-order valence-corrected chi connectivity index (χ0v) is 23.1. The average Bonchev–Trinajstić information content (AvgIpc) is 3.25. The van der Waals surface area contributed by atoms with E-state index in [4.69, 9.17) is 0 Å². The molecule has 0 amide bonds. The summed E-state index contributed by atoms with van der Waals surface area (Å²) in [5.74, 6) is 0. The average molecular weight is 567 g/mol. The standard InChI is InChI=1S/C30H22N4O4S2/c1-19-7-3-5-9-28(19)33-39(35,36)22-11-13-24-25-14-12-23(40(37,38)34-29-10-6-4-8-20(29)2)16-27(25)30(26(24)15-22)21(17-31)18-32/h3-16,33-34H,1-2H3. The number of nitriles is 2. The molecule has 0 saturated heterocycles. The van der Waals surface area contributed by atoms with Crippen molar-refractivity contribution in [1.29, 1.82) is 10.5 Å². The fourth-order valence-corrected chi connectivity index (χ4v) is 6.91. The van der Waals surface area contributed by atoms with E-state index < -0.39 is 20.0 Å². The van der Waals surface area contributed by atoms with Crippen molar-refractivity contribution in [3.63, 3.8) is 0 Å². The van der Waals surface area contributed by atoms with Crippen LogP contribution >= 0.6 is 0 Å². The number of nitrogens with one attached hydrogen (secondary N) is 2. The molecule has 8 nitrogen and oxygen atoms in total. The summed E-state index contributed by atoms with van der Waals surface area (Å²) >= 11 is 0. The van der Waals surface area contributed by atoms with E-state index in [-0.39, 0.29) is 20.9 Å². The van der Waals surface area contributed by atoms with E-state index in [9.17, 15) is 27.4 Å². The third kappa shape index (κ3) is 4.71. The number of aryl methyl sites for hydroxylation is 2. The van der Waals surface area contributed by atoms with Crippen molar-refractivity contribution < 1.29 is 16.8 Å². The van der Waals surface area contributed by atoms with Gasteiger partial charge in [0.2, 0.25) is 0 Å². The number of hydrogen-bond acceptors (Lipinski definition) is 6. The van der Waals surface area contributed by atoms with Crippen LogP contribution < -0.4 is 9.44 Å². The lowest BCUT2D eigenvalue weighted by atomic mass is 9.99. The summed E-state index contributed by atoms with van der Waals surface area (Å²) < 4.78 is 58.3. The highest BCUT2D eigenvalue weighted by molar-refractivity contribution is 7.93. The molecule has 10 heteroatoms. The largest absolute Gasteiger partial charge is 0.279 e.